The monoisotopic (exact) mass is 194 g/mol. The van der Waals surface area contributed by atoms with Gasteiger partial charge in [-0.15, -0.1) is 0 Å². The molecule has 1 rings (SSSR count). The Kier molecular flexibility index (Phi) is 2.93. The van der Waals surface area contributed by atoms with Gasteiger partial charge in [0.1, 0.15) is 17.5 Å². The van der Waals surface area contributed by atoms with Gasteiger partial charge in [0.2, 0.25) is 0 Å². The summed E-state index contributed by atoms with van der Waals surface area (Å²) in [5, 5.41) is 6.05. The average Bonchev–Trinajstić information content (AvgIpc) is 2.15. The van der Waals surface area contributed by atoms with E-state index in [1.165, 1.54) is 0 Å². The van der Waals surface area contributed by atoms with Crippen LogP contribution >= 0.6 is 0 Å². The van der Waals surface area contributed by atoms with E-state index in [9.17, 15) is 0 Å². The number of nitrogens with one attached hydrogen (secondary N) is 2. The number of rotatable bonds is 2. The van der Waals surface area contributed by atoms with E-state index in [0.29, 0.717) is 0 Å². The zero-order chi connectivity index (χ0) is 10.8. The molecule has 0 amide bonds. The number of hydrogen-bond donors (Lipinski definition) is 2. The number of hydrogen-bond acceptors (Lipinski definition) is 4. The van der Waals surface area contributed by atoms with Crippen molar-refractivity contribution in [1.82, 2.24) is 9.97 Å². The molecule has 1 aromatic rings. The van der Waals surface area contributed by atoms with Gasteiger partial charge in [-0.25, -0.2) is 9.97 Å². The maximum Gasteiger partial charge on any atom is 0.138 e. The van der Waals surface area contributed by atoms with Gasteiger partial charge in [-0.2, -0.15) is 0 Å². The molecule has 4 heteroatoms. The Hall–Kier alpha value is -1.32. The van der Waals surface area contributed by atoms with Crippen molar-refractivity contribution >= 4 is 11.6 Å². The van der Waals surface area contributed by atoms with Crippen LogP contribution < -0.4 is 10.6 Å². The second-order valence-corrected chi connectivity index (χ2v) is 4.21. The summed E-state index contributed by atoms with van der Waals surface area (Å²) in [4.78, 5) is 8.82. The number of anilines is 2. The summed E-state index contributed by atoms with van der Waals surface area (Å²) in [6.07, 6.45) is 0. The first-order valence-corrected chi connectivity index (χ1v) is 4.72. The fourth-order valence-electron chi connectivity index (χ4n) is 1.04. The smallest absolute Gasteiger partial charge is 0.138 e. The molecule has 0 atom stereocenters. The number of aromatic nitrogens is 2. The van der Waals surface area contributed by atoms with Gasteiger partial charge in [0.25, 0.3) is 0 Å². The lowest BCUT2D eigenvalue weighted by molar-refractivity contribution is 0.547. The predicted molar refractivity (Wildman–Crippen MR) is 59.8 cm³/mol. The van der Waals surface area contributed by atoms with Gasteiger partial charge in [-0.05, 0) is 0 Å². The van der Waals surface area contributed by atoms with Gasteiger partial charge in [0.15, 0.2) is 0 Å². The molecule has 0 saturated carbocycles. The van der Waals surface area contributed by atoms with Gasteiger partial charge >= 0.3 is 0 Å². The Morgan fingerprint density at radius 2 is 1.43 bits per heavy atom. The highest BCUT2D eigenvalue weighted by Gasteiger charge is 2.18. The van der Waals surface area contributed by atoms with E-state index >= 15 is 0 Å². The third kappa shape index (κ3) is 2.34. The van der Waals surface area contributed by atoms with Crippen LogP contribution in [0.25, 0.3) is 0 Å². The molecule has 0 bridgehead atoms. The van der Waals surface area contributed by atoms with E-state index in [1.807, 2.05) is 20.2 Å². The van der Waals surface area contributed by atoms with Gasteiger partial charge in [-0.1, -0.05) is 20.8 Å². The van der Waals surface area contributed by atoms with Crippen molar-refractivity contribution in [1.29, 1.82) is 0 Å². The zero-order valence-electron chi connectivity index (χ0n) is 9.47. The molecule has 0 saturated heterocycles. The van der Waals surface area contributed by atoms with E-state index in [0.717, 1.165) is 17.5 Å². The van der Waals surface area contributed by atoms with Crippen LogP contribution in [0.4, 0.5) is 11.6 Å². The Balaban J connectivity index is 3.17. The molecule has 14 heavy (non-hydrogen) atoms. The first-order chi connectivity index (χ1) is 6.47. The Morgan fingerprint density at radius 3 is 1.71 bits per heavy atom. The summed E-state index contributed by atoms with van der Waals surface area (Å²) in [7, 11) is 3.71. The molecule has 0 aromatic carbocycles. The quantitative estimate of drug-likeness (QED) is 0.754. The second kappa shape index (κ2) is 3.82. The molecular weight excluding hydrogens is 176 g/mol. The van der Waals surface area contributed by atoms with Crippen molar-refractivity contribution in [2.24, 2.45) is 0 Å². The maximum atomic E-state index is 4.41. The molecule has 0 fully saturated rings. The third-order valence-corrected chi connectivity index (χ3v) is 1.91. The normalized spacial score (nSPS) is 11.2. The lowest BCUT2D eigenvalue weighted by Gasteiger charge is -2.18. The van der Waals surface area contributed by atoms with Crippen molar-refractivity contribution in [2.75, 3.05) is 24.7 Å². The van der Waals surface area contributed by atoms with Crippen LogP contribution in [-0.2, 0) is 5.41 Å². The summed E-state index contributed by atoms with van der Waals surface area (Å²) >= 11 is 0. The Labute approximate surface area is 85.2 Å². The number of nitrogens with zero attached hydrogens (tertiary/aromatic N) is 2. The van der Waals surface area contributed by atoms with Crippen LogP contribution in [0.2, 0.25) is 0 Å². The van der Waals surface area contributed by atoms with Gasteiger partial charge in [0, 0.05) is 25.6 Å². The van der Waals surface area contributed by atoms with Crippen molar-refractivity contribution < 1.29 is 0 Å². The SMILES string of the molecule is CNc1cc(NC)nc(C(C)(C)C)n1. The largest absolute Gasteiger partial charge is 0.373 e. The van der Waals surface area contributed by atoms with E-state index in [4.69, 9.17) is 0 Å². The first-order valence-electron chi connectivity index (χ1n) is 4.72. The van der Waals surface area contributed by atoms with Gasteiger partial charge in [0.05, 0.1) is 0 Å². The van der Waals surface area contributed by atoms with Crippen molar-refractivity contribution in [3.05, 3.63) is 11.9 Å². The second-order valence-electron chi connectivity index (χ2n) is 4.21. The highest BCUT2D eigenvalue weighted by Crippen LogP contribution is 2.21. The molecule has 1 heterocycles. The molecule has 0 aliphatic rings. The zero-order valence-corrected chi connectivity index (χ0v) is 9.47. The van der Waals surface area contributed by atoms with Gasteiger partial charge < -0.3 is 10.6 Å². The van der Waals surface area contributed by atoms with Crippen LogP contribution in [0.15, 0.2) is 6.07 Å². The molecule has 78 valence electrons. The highest BCUT2D eigenvalue weighted by atomic mass is 15.1. The molecule has 0 spiro atoms. The van der Waals surface area contributed by atoms with Crippen molar-refractivity contribution in [3.63, 3.8) is 0 Å². The standard InChI is InChI=1S/C10H18N4/c1-10(2,3)9-13-7(11-4)6-8(12-5)14-9/h6H,1-5H3,(H2,11,12,13,14). The lowest BCUT2D eigenvalue weighted by Crippen LogP contribution is -2.17. The third-order valence-electron chi connectivity index (χ3n) is 1.91. The average molecular weight is 194 g/mol. The Bertz CT molecular complexity index is 292. The van der Waals surface area contributed by atoms with Crippen molar-refractivity contribution in [3.8, 4) is 0 Å². The van der Waals surface area contributed by atoms with E-state index in [1.54, 1.807) is 0 Å². The summed E-state index contributed by atoms with van der Waals surface area (Å²) in [5.41, 5.74) is -0.0293. The molecule has 0 aliphatic carbocycles. The van der Waals surface area contributed by atoms with Crippen LogP contribution in [-0.4, -0.2) is 24.1 Å². The summed E-state index contributed by atoms with van der Waals surface area (Å²) in [6.45, 7) is 6.30. The molecule has 1 aromatic heterocycles. The summed E-state index contributed by atoms with van der Waals surface area (Å²) < 4.78 is 0. The van der Waals surface area contributed by atoms with E-state index < -0.39 is 0 Å². The molecule has 2 N–H and O–H groups in total. The van der Waals surface area contributed by atoms with Crippen LogP contribution in [0.1, 0.15) is 26.6 Å². The summed E-state index contributed by atoms with van der Waals surface area (Å²) in [6, 6.07) is 1.88. The molecule has 0 radical (unpaired) electrons. The maximum absolute atomic E-state index is 4.41. The van der Waals surface area contributed by atoms with Crippen LogP contribution in [0.3, 0.4) is 0 Å². The van der Waals surface area contributed by atoms with Crippen LogP contribution in [0.5, 0.6) is 0 Å². The molecular formula is C10H18N4. The predicted octanol–water partition coefficient (Wildman–Crippen LogP) is 1.86. The first kappa shape index (κ1) is 10.8. The minimum Gasteiger partial charge on any atom is -0.373 e. The Morgan fingerprint density at radius 1 is 1.00 bits per heavy atom. The van der Waals surface area contributed by atoms with E-state index in [-0.39, 0.29) is 5.41 Å². The van der Waals surface area contributed by atoms with Gasteiger partial charge in [-0.3, -0.25) is 0 Å². The minimum atomic E-state index is -0.0293. The van der Waals surface area contributed by atoms with Crippen molar-refractivity contribution in [2.45, 2.75) is 26.2 Å². The molecule has 0 aliphatic heterocycles. The fourth-order valence-corrected chi connectivity index (χ4v) is 1.04. The topological polar surface area (TPSA) is 49.8 Å². The lowest BCUT2D eigenvalue weighted by atomic mass is 9.96. The summed E-state index contributed by atoms with van der Waals surface area (Å²) in [5.74, 6) is 2.53. The fraction of sp³-hybridized carbons (Fsp3) is 0.600. The molecule has 4 nitrogen and oxygen atoms in total. The van der Waals surface area contributed by atoms with E-state index in [2.05, 4.69) is 41.4 Å². The molecule has 0 unspecified atom stereocenters. The highest BCUT2D eigenvalue weighted by molar-refractivity contribution is 5.47. The minimum absolute atomic E-state index is 0.0293. The van der Waals surface area contributed by atoms with Crippen LogP contribution in [0, 0.1) is 0 Å².